The molecule has 0 bridgehead atoms. The summed E-state index contributed by atoms with van der Waals surface area (Å²) >= 11 is 0. The van der Waals surface area contributed by atoms with E-state index in [-0.39, 0.29) is 18.4 Å². The fourth-order valence-corrected chi connectivity index (χ4v) is 2.54. The Labute approximate surface area is 161 Å². The molecule has 0 aliphatic heterocycles. The van der Waals surface area contributed by atoms with Gasteiger partial charge in [-0.25, -0.2) is 4.99 Å². The highest BCUT2D eigenvalue weighted by molar-refractivity contribution is 5.93. The van der Waals surface area contributed by atoms with E-state index in [1.165, 1.54) is 5.56 Å². The van der Waals surface area contributed by atoms with Crippen molar-refractivity contribution >= 4 is 17.6 Å². The van der Waals surface area contributed by atoms with Crippen molar-refractivity contribution in [3.63, 3.8) is 0 Å². The summed E-state index contributed by atoms with van der Waals surface area (Å²) in [6.07, 6.45) is 3.57. The minimum Gasteiger partial charge on any atom is -0.370 e. The van der Waals surface area contributed by atoms with E-state index in [9.17, 15) is 4.79 Å². The molecular formula is C21H29N5O. The van der Waals surface area contributed by atoms with Gasteiger partial charge in [0.25, 0.3) is 0 Å². The first-order chi connectivity index (χ1) is 13.0. The van der Waals surface area contributed by atoms with E-state index in [2.05, 4.69) is 41.3 Å². The second-order valence-electron chi connectivity index (χ2n) is 6.64. The van der Waals surface area contributed by atoms with Crippen molar-refractivity contribution < 1.29 is 4.79 Å². The molecule has 6 heteroatoms. The first-order valence-corrected chi connectivity index (χ1v) is 9.30. The van der Waals surface area contributed by atoms with Crippen LogP contribution in [0.5, 0.6) is 0 Å². The van der Waals surface area contributed by atoms with Crippen molar-refractivity contribution in [3.05, 3.63) is 59.9 Å². The van der Waals surface area contributed by atoms with E-state index < -0.39 is 0 Å². The average Bonchev–Trinajstić information content (AvgIpc) is 2.71. The molecule has 6 nitrogen and oxygen atoms in total. The topological polar surface area (TPSA) is 83.6 Å². The van der Waals surface area contributed by atoms with Crippen molar-refractivity contribution in [2.24, 2.45) is 10.7 Å². The summed E-state index contributed by atoms with van der Waals surface area (Å²) in [6.45, 7) is 4.98. The molecule has 1 aromatic carbocycles. The fraction of sp³-hybridized carbons (Fsp3) is 0.381. The predicted molar refractivity (Wildman–Crippen MR) is 111 cm³/mol. The summed E-state index contributed by atoms with van der Waals surface area (Å²) in [6, 6.07) is 13.9. The third kappa shape index (κ3) is 6.73. The molecule has 2 aromatic rings. The van der Waals surface area contributed by atoms with E-state index in [4.69, 9.17) is 5.73 Å². The molecule has 1 unspecified atom stereocenters. The van der Waals surface area contributed by atoms with Crippen LogP contribution in [0.2, 0.25) is 0 Å². The van der Waals surface area contributed by atoms with Crippen LogP contribution in [0, 0.1) is 0 Å². The van der Waals surface area contributed by atoms with Gasteiger partial charge in [-0.05, 0) is 42.2 Å². The largest absolute Gasteiger partial charge is 0.370 e. The second kappa shape index (κ2) is 10.3. The smallest absolute Gasteiger partial charge is 0.244 e. The molecule has 1 aromatic heterocycles. The van der Waals surface area contributed by atoms with Crippen LogP contribution in [-0.4, -0.2) is 41.9 Å². The summed E-state index contributed by atoms with van der Waals surface area (Å²) < 4.78 is 0. The maximum absolute atomic E-state index is 12.2. The summed E-state index contributed by atoms with van der Waals surface area (Å²) in [5.74, 6) is 0.685. The lowest BCUT2D eigenvalue weighted by Crippen LogP contribution is -2.32. The number of amides is 1. The number of nitrogens with two attached hydrogens (primary N) is 1. The Morgan fingerprint density at radius 1 is 1.26 bits per heavy atom. The van der Waals surface area contributed by atoms with Crippen molar-refractivity contribution in [1.82, 2.24) is 9.88 Å². The van der Waals surface area contributed by atoms with Gasteiger partial charge in [-0.1, -0.05) is 32.0 Å². The number of aliphatic imine (C=N–C) groups is 1. The monoisotopic (exact) mass is 367 g/mol. The Morgan fingerprint density at radius 3 is 2.63 bits per heavy atom. The third-order valence-electron chi connectivity index (χ3n) is 4.60. The van der Waals surface area contributed by atoms with Gasteiger partial charge >= 0.3 is 0 Å². The van der Waals surface area contributed by atoms with E-state index in [1.807, 2.05) is 30.3 Å². The Morgan fingerprint density at radius 2 is 2.00 bits per heavy atom. The number of pyridine rings is 1. The number of hydrogen-bond acceptors (Lipinski definition) is 3. The first kappa shape index (κ1) is 20.4. The number of rotatable bonds is 8. The normalized spacial score (nSPS) is 12.5. The van der Waals surface area contributed by atoms with Crippen LogP contribution in [0.3, 0.4) is 0 Å². The number of guanidine groups is 1. The molecule has 0 fully saturated rings. The van der Waals surface area contributed by atoms with Gasteiger partial charge in [0.15, 0.2) is 5.96 Å². The van der Waals surface area contributed by atoms with Crippen LogP contribution in [0.25, 0.3) is 0 Å². The number of hydrogen-bond donors (Lipinski definition) is 2. The summed E-state index contributed by atoms with van der Waals surface area (Å²) in [4.78, 5) is 22.2. The van der Waals surface area contributed by atoms with E-state index in [1.54, 1.807) is 18.1 Å². The number of carbonyl (C=O) groups excluding carboxylic acids is 1. The molecule has 27 heavy (non-hydrogen) atoms. The minimum atomic E-state index is -0.0807. The lowest BCUT2D eigenvalue weighted by molar-refractivity contribution is -0.128. The molecular weight excluding hydrogens is 338 g/mol. The Kier molecular flexibility index (Phi) is 7.79. The Hall–Kier alpha value is -2.89. The predicted octanol–water partition coefficient (Wildman–Crippen LogP) is 3.02. The molecule has 0 radical (unpaired) electrons. The van der Waals surface area contributed by atoms with Crippen LogP contribution in [0.15, 0.2) is 53.7 Å². The molecule has 0 aliphatic carbocycles. The zero-order chi connectivity index (χ0) is 19.6. The number of benzene rings is 1. The van der Waals surface area contributed by atoms with E-state index in [0.29, 0.717) is 18.9 Å². The van der Waals surface area contributed by atoms with Crippen LogP contribution < -0.4 is 11.1 Å². The number of likely N-dealkylation sites (N-methyl/N-ethyl adjacent to an activating group) is 1. The molecule has 1 amide bonds. The SMILES string of the molecule is CCC(C)c1ccc(NC(N)=NCC(=O)N(C)CCc2ccccn2)cc1. The van der Waals surface area contributed by atoms with Gasteiger partial charge in [-0.15, -0.1) is 0 Å². The summed E-state index contributed by atoms with van der Waals surface area (Å²) in [5.41, 5.74) is 9.02. The highest BCUT2D eigenvalue weighted by atomic mass is 16.2. The van der Waals surface area contributed by atoms with E-state index in [0.717, 1.165) is 17.8 Å². The third-order valence-corrected chi connectivity index (χ3v) is 4.60. The van der Waals surface area contributed by atoms with Gasteiger partial charge in [-0.2, -0.15) is 0 Å². The number of nitrogens with zero attached hydrogens (tertiary/aromatic N) is 3. The number of aromatic nitrogens is 1. The molecule has 0 saturated heterocycles. The highest BCUT2D eigenvalue weighted by Crippen LogP contribution is 2.20. The molecule has 144 valence electrons. The number of anilines is 1. The summed E-state index contributed by atoms with van der Waals surface area (Å²) in [7, 11) is 1.76. The zero-order valence-corrected chi connectivity index (χ0v) is 16.4. The van der Waals surface area contributed by atoms with Crippen LogP contribution in [0.1, 0.15) is 37.4 Å². The molecule has 1 atom stereocenters. The number of carbonyl (C=O) groups is 1. The molecule has 0 saturated carbocycles. The molecule has 2 rings (SSSR count). The first-order valence-electron chi connectivity index (χ1n) is 9.30. The van der Waals surface area contributed by atoms with Gasteiger partial charge in [0, 0.05) is 37.6 Å². The molecule has 0 spiro atoms. The van der Waals surface area contributed by atoms with E-state index >= 15 is 0 Å². The van der Waals surface area contributed by atoms with Gasteiger partial charge < -0.3 is 16.0 Å². The maximum Gasteiger partial charge on any atom is 0.244 e. The fourth-order valence-electron chi connectivity index (χ4n) is 2.54. The van der Waals surface area contributed by atoms with Gasteiger partial charge in [0.05, 0.1) is 0 Å². The quantitative estimate of drug-likeness (QED) is 0.555. The van der Waals surface area contributed by atoms with Crippen molar-refractivity contribution in [2.75, 3.05) is 25.5 Å². The van der Waals surface area contributed by atoms with Crippen LogP contribution in [0.4, 0.5) is 5.69 Å². The van der Waals surface area contributed by atoms with Crippen molar-refractivity contribution in [1.29, 1.82) is 0 Å². The molecule has 0 aliphatic rings. The summed E-state index contributed by atoms with van der Waals surface area (Å²) in [5, 5.41) is 3.03. The lowest BCUT2D eigenvalue weighted by atomic mass is 9.99. The highest BCUT2D eigenvalue weighted by Gasteiger charge is 2.09. The van der Waals surface area contributed by atoms with Gasteiger partial charge in [-0.3, -0.25) is 9.78 Å². The van der Waals surface area contributed by atoms with Crippen molar-refractivity contribution in [2.45, 2.75) is 32.6 Å². The standard InChI is InChI=1S/C21H29N5O/c1-4-16(2)17-8-10-19(11-9-17)25-21(22)24-15-20(27)26(3)14-12-18-7-5-6-13-23-18/h5-11,13,16H,4,12,14-15H2,1-3H3,(H3,22,24,25). The van der Waals surface area contributed by atoms with Crippen molar-refractivity contribution in [3.8, 4) is 0 Å². The second-order valence-corrected chi connectivity index (χ2v) is 6.64. The van der Waals surface area contributed by atoms with Crippen LogP contribution >= 0.6 is 0 Å². The molecule has 1 heterocycles. The number of nitrogens with one attached hydrogen (secondary N) is 1. The average molecular weight is 367 g/mol. The Bertz CT molecular complexity index is 743. The van der Waals surface area contributed by atoms with Gasteiger partial charge in [0.2, 0.25) is 5.91 Å². The molecule has 3 N–H and O–H groups in total. The minimum absolute atomic E-state index is 0.0164. The maximum atomic E-state index is 12.2. The lowest BCUT2D eigenvalue weighted by Gasteiger charge is -2.16. The zero-order valence-electron chi connectivity index (χ0n) is 16.4. The van der Waals surface area contributed by atoms with Gasteiger partial charge in [0.1, 0.15) is 6.54 Å². The van der Waals surface area contributed by atoms with Crippen LogP contribution in [-0.2, 0) is 11.2 Å². The Balaban J connectivity index is 1.80.